The van der Waals surface area contributed by atoms with Gasteiger partial charge in [-0.05, 0) is 70.4 Å². The number of carbonyl (C=O) groups is 3. The number of likely N-dealkylation sites (tertiary alicyclic amines) is 1. The summed E-state index contributed by atoms with van der Waals surface area (Å²) < 4.78 is 4.54. The molecule has 0 saturated carbocycles. The summed E-state index contributed by atoms with van der Waals surface area (Å²) in [6.07, 6.45) is 9.42. The summed E-state index contributed by atoms with van der Waals surface area (Å²) >= 11 is 8.18. The largest absolute Gasteiger partial charge is 0.465 e. The molecule has 3 aliphatic heterocycles. The number of esters is 1. The molecule has 2 unspecified atom stereocenters. The molecule has 2 amide bonds. The van der Waals surface area contributed by atoms with Crippen molar-refractivity contribution >= 4 is 46.8 Å². The molecule has 4 rings (SSSR count). The summed E-state index contributed by atoms with van der Waals surface area (Å²) in [4.78, 5) is 45.7. The molecule has 7 nitrogen and oxygen atoms in total. The van der Waals surface area contributed by atoms with Crippen LogP contribution in [0.2, 0.25) is 5.02 Å². The number of unbranched alkanes of at least 4 members (excludes halogenated alkanes) is 4. The minimum absolute atomic E-state index is 0.0808. The monoisotopic (exact) mass is 588 g/mol. The van der Waals surface area contributed by atoms with E-state index in [0.29, 0.717) is 43.1 Å². The van der Waals surface area contributed by atoms with Gasteiger partial charge in [-0.2, -0.15) is 0 Å². The Bertz CT molecular complexity index is 1130. The molecular weight excluding hydrogens is 548 g/mol. The number of nitrogens with zero attached hydrogens (tertiary/aromatic N) is 2. The van der Waals surface area contributed by atoms with Crippen LogP contribution >= 0.6 is 23.4 Å². The van der Waals surface area contributed by atoms with E-state index in [1.54, 1.807) is 39.8 Å². The fraction of sp³-hybridized carbons (Fsp3) is 0.581. The van der Waals surface area contributed by atoms with Crippen LogP contribution in [0, 0.1) is 11.8 Å². The van der Waals surface area contributed by atoms with Crippen molar-refractivity contribution in [3.8, 4) is 0 Å². The molecule has 1 aromatic carbocycles. The van der Waals surface area contributed by atoms with Crippen LogP contribution in [0.3, 0.4) is 0 Å². The van der Waals surface area contributed by atoms with Crippen LogP contribution in [0.25, 0.3) is 0 Å². The number of rotatable bonds is 15. The predicted molar refractivity (Wildman–Crippen MR) is 160 cm³/mol. The summed E-state index contributed by atoms with van der Waals surface area (Å²) in [6, 6.07) is 6.44. The number of thioether (sulfide) groups is 1. The number of allylic oxidation sites excluding steroid dienone is 1. The number of anilines is 1. The third-order valence-corrected chi connectivity index (χ3v) is 10.9. The van der Waals surface area contributed by atoms with Crippen LogP contribution in [0.4, 0.5) is 5.69 Å². The highest BCUT2D eigenvalue weighted by molar-refractivity contribution is 8.02. The van der Waals surface area contributed by atoms with Gasteiger partial charge in [0.2, 0.25) is 5.91 Å². The fourth-order valence-electron chi connectivity index (χ4n) is 6.78. The number of ether oxygens (including phenoxy) is 1. The lowest BCUT2D eigenvalue weighted by atomic mass is 9.66. The van der Waals surface area contributed by atoms with E-state index in [1.807, 2.05) is 25.1 Å². The van der Waals surface area contributed by atoms with E-state index in [9.17, 15) is 19.5 Å². The number of benzene rings is 1. The first-order valence-electron chi connectivity index (χ1n) is 14.3. The number of aliphatic hydroxyl groups is 1. The summed E-state index contributed by atoms with van der Waals surface area (Å²) in [5, 5.41) is 9.71. The lowest BCUT2D eigenvalue weighted by molar-refractivity contribution is -0.155. The van der Waals surface area contributed by atoms with E-state index in [4.69, 9.17) is 16.3 Å². The first kappa shape index (κ1) is 30.7. The average molecular weight is 589 g/mol. The second kappa shape index (κ2) is 13.1. The Morgan fingerprint density at radius 1 is 1.18 bits per heavy atom. The van der Waals surface area contributed by atoms with Gasteiger partial charge in [-0.1, -0.05) is 35.9 Å². The fourth-order valence-corrected chi connectivity index (χ4v) is 9.36. The van der Waals surface area contributed by atoms with Crippen LogP contribution in [0.15, 0.2) is 49.6 Å². The average Bonchev–Trinajstić information content (AvgIpc) is 3.50. The van der Waals surface area contributed by atoms with Gasteiger partial charge in [0.05, 0.1) is 33.9 Å². The lowest BCUT2D eigenvalue weighted by Crippen LogP contribution is -2.55. The quantitative estimate of drug-likeness (QED) is 0.168. The number of para-hydroxylation sites is 1. The molecule has 1 N–H and O–H groups in total. The molecule has 3 saturated heterocycles. The zero-order valence-electron chi connectivity index (χ0n) is 23.4. The molecule has 0 radical (unpaired) electrons. The number of hydrogen-bond acceptors (Lipinski definition) is 6. The number of amides is 2. The molecule has 0 aromatic heterocycles. The molecule has 1 aromatic rings. The van der Waals surface area contributed by atoms with Gasteiger partial charge in [-0.25, -0.2) is 0 Å². The topological polar surface area (TPSA) is 87.1 Å². The van der Waals surface area contributed by atoms with E-state index in [2.05, 4.69) is 13.2 Å². The van der Waals surface area contributed by atoms with Crippen molar-refractivity contribution in [1.82, 2.24) is 4.90 Å². The van der Waals surface area contributed by atoms with E-state index < -0.39 is 27.4 Å². The Balaban J connectivity index is 1.68. The molecule has 0 aliphatic carbocycles. The molecule has 2 bridgehead atoms. The molecule has 40 heavy (non-hydrogen) atoms. The molecule has 5 atom stereocenters. The summed E-state index contributed by atoms with van der Waals surface area (Å²) in [5.74, 6) is -1.92. The summed E-state index contributed by atoms with van der Waals surface area (Å²) in [6.45, 7) is 10.7. The summed E-state index contributed by atoms with van der Waals surface area (Å²) in [7, 11) is 0. The van der Waals surface area contributed by atoms with Crippen LogP contribution in [-0.4, -0.2) is 69.6 Å². The number of halogens is 1. The Morgan fingerprint density at radius 2 is 1.95 bits per heavy atom. The van der Waals surface area contributed by atoms with Gasteiger partial charge >= 0.3 is 5.97 Å². The molecule has 3 heterocycles. The Hall–Kier alpha value is -2.29. The van der Waals surface area contributed by atoms with Crippen molar-refractivity contribution in [3.05, 3.63) is 54.6 Å². The van der Waals surface area contributed by atoms with E-state index in [1.165, 1.54) is 0 Å². The van der Waals surface area contributed by atoms with Crippen LogP contribution in [-0.2, 0) is 19.1 Å². The van der Waals surface area contributed by atoms with Gasteiger partial charge in [-0.15, -0.1) is 24.9 Å². The highest BCUT2D eigenvalue weighted by Crippen LogP contribution is 2.71. The van der Waals surface area contributed by atoms with Gasteiger partial charge in [0, 0.05) is 24.4 Å². The maximum absolute atomic E-state index is 14.6. The van der Waals surface area contributed by atoms with Gasteiger partial charge < -0.3 is 19.6 Å². The summed E-state index contributed by atoms with van der Waals surface area (Å²) in [5.41, 5.74) is 0.570. The van der Waals surface area contributed by atoms with Crippen LogP contribution in [0.5, 0.6) is 0 Å². The second-order valence-corrected chi connectivity index (χ2v) is 13.5. The molecule has 1 spiro atoms. The van der Waals surface area contributed by atoms with Crippen molar-refractivity contribution in [2.24, 2.45) is 11.8 Å². The van der Waals surface area contributed by atoms with Crippen LogP contribution in [0.1, 0.15) is 58.3 Å². The van der Waals surface area contributed by atoms with Gasteiger partial charge in [0.25, 0.3) is 5.91 Å². The Labute approximate surface area is 246 Å². The minimum atomic E-state index is -0.743. The Kier molecular flexibility index (Phi) is 10.1. The number of fused-ring (bicyclic) bond motifs is 1. The number of carbonyl (C=O) groups excluding carboxylic acids is 3. The normalized spacial score (nSPS) is 28.4. The van der Waals surface area contributed by atoms with Crippen molar-refractivity contribution in [1.29, 1.82) is 0 Å². The van der Waals surface area contributed by atoms with E-state index >= 15 is 0 Å². The molecule has 3 aliphatic rings. The van der Waals surface area contributed by atoms with Crippen molar-refractivity contribution in [2.75, 3.05) is 31.2 Å². The van der Waals surface area contributed by atoms with Crippen LogP contribution < -0.4 is 4.90 Å². The third kappa shape index (κ3) is 5.59. The van der Waals surface area contributed by atoms with Crippen molar-refractivity contribution < 1.29 is 24.2 Å². The third-order valence-electron chi connectivity index (χ3n) is 8.59. The number of hydrogen-bond donors (Lipinski definition) is 1. The first-order valence-corrected chi connectivity index (χ1v) is 15.5. The maximum atomic E-state index is 14.6. The molecule has 218 valence electrons. The molecular formula is C31H41ClN2O5S. The standard InChI is InChI=1S/C31H41ClN2O5S/c1-4-6-7-13-21-39-29(38)25-24-27(36)34(19-11-8-12-20-35)26(31(24)17-16-30(25,3)40-31)28(37)33(18-5-2)23-15-10-9-14-22(23)32/h4-5,9-10,14-15,24-26,35H,1-2,6-8,11-13,16-21H2,3H3/t24-,25+,26?,30-,31?/m0/s1. The van der Waals surface area contributed by atoms with Gasteiger partial charge in [-0.3, -0.25) is 14.4 Å². The van der Waals surface area contributed by atoms with Gasteiger partial charge in [0.1, 0.15) is 6.04 Å². The first-order chi connectivity index (χ1) is 19.3. The molecule has 3 fully saturated rings. The zero-order valence-corrected chi connectivity index (χ0v) is 24.9. The Morgan fingerprint density at radius 3 is 2.65 bits per heavy atom. The van der Waals surface area contributed by atoms with Gasteiger partial charge in [0.15, 0.2) is 0 Å². The zero-order chi connectivity index (χ0) is 28.9. The van der Waals surface area contributed by atoms with E-state index in [0.717, 1.165) is 32.1 Å². The highest BCUT2D eigenvalue weighted by Gasteiger charge is 2.77. The second-order valence-electron chi connectivity index (χ2n) is 11.2. The van der Waals surface area contributed by atoms with E-state index in [-0.39, 0.29) is 30.9 Å². The van der Waals surface area contributed by atoms with Crippen molar-refractivity contribution in [2.45, 2.75) is 73.8 Å². The molecule has 9 heteroatoms. The smallest absolute Gasteiger partial charge is 0.311 e. The predicted octanol–water partition coefficient (Wildman–Crippen LogP) is 5.40. The number of aliphatic hydroxyl groups excluding tert-OH is 1. The minimum Gasteiger partial charge on any atom is -0.465 e. The lowest BCUT2D eigenvalue weighted by Gasteiger charge is -2.37. The van der Waals surface area contributed by atoms with Crippen molar-refractivity contribution in [3.63, 3.8) is 0 Å². The highest BCUT2D eigenvalue weighted by atomic mass is 35.5. The maximum Gasteiger partial charge on any atom is 0.311 e. The SMILES string of the molecule is C=CCCCCOC(=O)[C@H]1[C@H]2C(=O)N(CCCCCO)C(C(=O)N(CC=C)c3ccccc3Cl)C23CC[C@]1(C)S3.